The van der Waals surface area contributed by atoms with Crippen molar-refractivity contribution in [1.82, 2.24) is 0 Å². The molecule has 2 aromatic carbocycles. The Bertz CT molecular complexity index is 1220. The standard InChI is InChI=1S/C24H21F2N3O5/c1-13-11-15(34-24(25)26)9-10-17(13)29-20(23(31)33-3)19(22(30)32-2)18(16(12-27)21(29)28)14-7-5-4-6-8-14/h4-11,18,24H,28H2,1-3H3. The maximum absolute atomic E-state index is 13.0. The number of alkyl halides is 2. The average Bonchev–Trinajstić information content (AvgIpc) is 2.83. The lowest BCUT2D eigenvalue weighted by molar-refractivity contribution is -0.139. The number of carbonyl (C=O) groups is 2. The van der Waals surface area contributed by atoms with E-state index in [9.17, 15) is 23.6 Å². The fourth-order valence-corrected chi connectivity index (χ4v) is 3.82. The van der Waals surface area contributed by atoms with E-state index < -0.39 is 24.5 Å². The van der Waals surface area contributed by atoms with Crippen LogP contribution in [-0.4, -0.2) is 32.8 Å². The van der Waals surface area contributed by atoms with Gasteiger partial charge in [0.25, 0.3) is 0 Å². The van der Waals surface area contributed by atoms with Crippen molar-refractivity contribution in [3.63, 3.8) is 0 Å². The Balaban J connectivity index is 2.35. The van der Waals surface area contributed by atoms with Crippen LogP contribution >= 0.6 is 0 Å². The number of rotatable bonds is 6. The molecule has 1 unspecified atom stereocenters. The molecule has 1 heterocycles. The van der Waals surface area contributed by atoms with E-state index in [1.54, 1.807) is 37.3 Å². The Morgan fingerprint density at radius 2 is 1.74 bits per heavy atom. The highest BCUT2D eigenvalue weighted by atomic mass is 19.3. The number of carbonyl (C=O) groups excluding carboxylic acids is 2. The zero-order valence-electron chi connectivity index (χ0n) is 18.5. The first-order valence-electron chi connectivity index (χ1n) is 9.96. The van der Waals surface area contributed by atoms with Crippen molar-refractivity contribution in [3.05, 3.63) is 82.3 Å². The Labute approximate surface area is 194 Å². The van der Waals surface area contributed by atoms with Gasteiger partial charge in [-0.05, 0) is 36.2 Å². The monoisotopic (exact) mass is 469 g/mol. The second kappa shape index (κ2) is 10.0. The zero-order chi connectivity index (χ0) is 25.0. The molecule has 1 aliphatic heterocycles. The number of nitriles is 1. The number of aryl methyl sites for hydroxylation is 1. The molecule has 10 heteroatoms. The summed E-state index contributed by atoms with van der Waals surface area (Å²) < 4.78 is 39.6. The van der Waals surface area contributed by atoms with E-state index in [4.69, 9.17) is 15.2 Å². The smallest absolute Gasteiger partial charge is 0.387 e. The number of halogens is 2. The van der Waals surface area contributed by atoms with Crippen LogP contribution in [0.3, 0.4) is 0 Å². The number of benzene rings is 2. The molecule has 3 rings (SSSR count). The number of hydrogen-bond donors (Lipinski definition) is 1. The van der Waals surface area contributed by atoms with E-state index in [1.807, 2.05) is 6.07 Å². The van der Waals surface area contributed by atoms with Crippen molar-refractivity contribution in [2.75, 3.05) is 19.1 Å². The summed E-state index contributed by atoms with van der Waals surface area (Å²) in [5.41, 5.74) is 7.14. The van der Waals surface area contributed by atoms with E-state index in [2.05, 4.69) is 4.74 Å². The van der Waals surface area contributed by atoms with Gasteiger partial charge in [-0.3, -0.25) is 4.90 Å². The van der Waals surface area contributed by atoms with Gasteiger partial charge in [0.05, 0.1) is 43.0 Å². The summed E-state index contributed by atoms with van der Waals surface area (Å²) in [7, 11) is 2.28. The van der Waals surface area contributed by atoms with Crippen LogP contribution in [0.4, 0.5) is 14.5 Å². The first kappa shape index (κ1) is 24.3. The summed E-state index contributed by atoms with van der Waals surface area (Å²) in [5, 5.41) is 10.0. The second-order valence-electron chi connectivity index (χ2n) is 7.16. The molecular weight excluding hydrogens is 448 g/mol. The van der Waals surface area contributed by atoms with E-state index in [1.165, 1.54) is 23.1 Å². The van der Waals surface area contributed by atoms with Gasteiger partial charge in [-0.15, -0.1) is 0 Å². The molecule has 2 aromatic rings. The Hall–Kier alpha value is -4.39. The number of hydrogen-bond acceptors (Lipinski definition) is 8. The fourth-order valence-electron chi connectivity index (χ4n) is 3.82. The average molecular weight is 469 g/mol. The number of anilines is 1. The third kappa shape index (κ3) is 4.41. The third-order valence-corrected chi connectivity index (χ3v) is 5.24. The first-order valence-corrected chi connectivity index (χ1v) is 9.96. The predicted octanol–water partition coefficient (Wildman–Crippen LogP) is 3.49. The molecule has 0 radical (unpaired) electrons. The van der Waals surface area contributed by atoms with E-state index in [0.29, 0.717) is 11.1 Å². The number of esters is 2. The maximum Gasteiger partial charge on any atom is 0.387 e. The minimum Gasteiger partial charge on any atom is -0.466 e. The van der Waals surface area contributed by atoms with Crippen molar-refractivity contribution in [3.8, 4) is 11.8 Å². The number of allylic oxidation sites excluding steroid dienone is 1. The predicted molar refractivity (Wildman–Crippen MR) is 117 cm³/mol. The quantitative estimate of drug-likeness (QED) is 0.640. The van der Waals surface area contributed by atoms with Crippen LogP contribution in [0.25, 0.3) is 0 Å². The van der Waals surface area contributed by atoms with Crippen molar-refractivity contribution >= 4 is 17.6 Å². The van der Waals surface area contributed by atoms with Gasteiger partial charge in [0, 0.05) is 0 Å². The van der Waals surface area contributed by atoms with E-state index in [-0.39, 0.29) is 34.1 Å². The van der Waals surface area contributed by atoms with Crippen molar-refractivity contribution in [1.29, 1.82) is 5.26 Å². The molecule has 0 spiro atoms. The molecule has 0 fully saturated rings. The SMILES string of the molecule is COC(=O)C1=C(C(=O)OC)N(c2ccc(OC(F)F)cc2C)C(N)=C(C#N)C1c1ccccc1. The van der Waals surface area contributed by atoms with Crippen LogP contribution in [0, 0.1) is 18.3 Å². The highest BCUT2D eigenvalue weighted by Gasteiger charge is 2.43. The number of ether oxygens (including phenoxy) is 3. The Kier molecular flexibility index (Phi) is 7.16. The van der Waals surface area contributed by atoms with Gasteiger partial charge in [-0.1, -0.05) is 30.3 Å². The maximum atomic E-state index is 13.0. The Morgan fingerprint density at radius 3 is 2.26 bits per heavy atom. The van der Waals surface area contributed by atoms with E-state index in [0.717, 1.165) is 14.2 Å². The van der Waals surface area contributed by atoms with Crippen molar-refractivity contribution < 1.29 is 32.6 Å². The fraction of sp³-hybridized carbons (Fsp3) is 0.208. The third-order valence-electron chi connectivity index (χ3n) is 5.24. The lowest BCUT2D eigenvalue weighted by atomic mass is 9.80. The molecule has 8 nitrogen and oxygen atoms in total. The van der Waals surface area contributed by atoms with Crippen LogP contribution in [-0.2, 0) is 19.1 Å². The van der Waals surface area contributed by atoms with Crippen LogP contribution in [0.2, 0.25) is 0 Å². The molecule has 0 saturated carbocycles. The van der Waals surface area contributed by atoms with Crippen molar-refractivity contribution in [2.45, 2.75) is 19.5 Å². The minimum atomic E-state index is -3.03. The number of methoxy groups -OCH3 is 2. The highest BCUT2D eigenvalue weighted by molar-refractivity contribution is 6.06. The normalized spacial score (nSPS) is 15.8. The minimum absolute atomic E-state index is 0.00781. The van der Waals surface area contributed by atoms with Crippen LogP contribution in [0.15, 0.2) is 71.2 Å². The molecule has 34 heavy (non-hydrogen) atoms. The summed E-state index contributed by atoms with van der Waals surface area (Å²) >= 11 is 0. The largest absolute Gasteiger partial charge is 0.466 e. The van der Waals surface area contributed by atoms with Gasteiger partial charge in [0.15, 0.2) is 0 Å². The lowest BCUT2D eigenvalue weighted by Crippen LogP contribution is -2.41. The molecule has 1 atom stereocenters. The van der Waals surface area contributed by atoms with Gasteiger partial charge in [0.2, 0.25) is 0 Å². The molecule has 0 aromatic heterocycles. The molecule has 0 saturated heterocycles. The summed E-state index contributed by atoms with van der Waals surface area (Å²) in [6, 6.07) is 14.5. The van der Waals surface area contributed by atoms with Crippen LogP contribution in [0.1, 0.15) is 17.0 Å². The summed E-state index contributed by atoms with van der Waals surface area (Å²) in [6.45, 7) is -1.46. The molecule has 1 aliphatic rings. The van der Waals surface area contributed by atoms with Gasteiger partial charge < -0.3 is 19.9 Å². The van der Waals surface area contributed by atoms with Gasteiger partial charge >= 0.3 is 18.6 Å². The summed E-state index contributed by atoms with van der Waals surface area (Å²) in [5.74, 6) is -3.03. The summed E-state index contributed by atoms with van der Waals surface area (Å²) in [6.07, 6.45) is 0. The van der Waals surface area contributed by atoms with Crippen molar-refractivity contribution in [2.24, 2.45) is 5.73 Å². The van der Waals surface area contributed by atoms with Gasteiger partial charge in [0.1, 0.15) is 17.3 Å². The first-order chi connectivity index (χ1) is 16.2. The number of nitrogens with zero attached hydrogens (tertiary/aromatic N) is 2. The molecule has 0 amide bonds. The van der Waals surface area contributed by atoms with Crippen LogP contribution < -0.4 is 15.4 Å². The molecule has 2 N–H and O–H groups in total. The highest BCUT2D eigenvalue weighted by Crippen LogP contribution is 2.44. The van der Waals surface area contributed by atoms with Crippen LogP contribution in [0.5, 0.6) is 5.75 Å². The number of nitrogens with two attached hydrogens (primary N) is 1. The second-order valence-corrected chi connectivity index (χ2v) is 7.16. The molecule has 0 aliphatic carbocycles. The van der Waals surface area contributed by atoms with E-state index >= 15 is 0 Å². The topological polar surface area (TPSA) is 115 Å². The zero-order valence-corrected chi connectivity index (χ0v) is 18.5. The molecule has 0 bridgehead atoms. The lowest BCUT2D eigenvalue weighted by Gasteiger charge is -2.36. The molecular formula is C24H21F2N3O5. The Morgan fingerprint density at radius 1 is 1.09 bits per heavy atom. The van der Waals surface area contributed by atoms with Gasteiger partial charge in [-0.25, -0.2) is 9.59 Å². The van der Waals surface area contributed by atoms with Gasteiger partial charge in [-0.2, -0.15) is 14.0 Å². The molecule has 176 valence electrons. The summed E-state index contributed by atoms with van der Waals surface area (Å²) in [4.78, 5) is 27.2.